The summed E-state index contributed by atoms with van der Waals surface area (Å²) in [7, 11) is 1.72. The molecule has 0 aliphatic rings. The van der Waals surface area contributed by atoms with Crippen molar-refractivity contribution < 1.29 is 4.74 Å². The van der Waals surface area contributed by atoms with E-state index in [9.17, 15) is 0 Å². The molecule has 4 heteroatoms. The van der Waals surface area contributed by atoms with Crippen molar-refractivity contribution in [2.45, 2.75) is 20.3 Å². The molecule has 3 nitrogen and oxygen atoms in total. The molecule has 0 spiro atoms. The van der Waals surface area contributed by atoms with E-state index in [1.165, 1.54) is 0 Å². The molecule has 0 radical (unpaired) electrons. The van der Waals surface area contributed by atoms with Gasteiger partial charge in [0.15, 0.2) is 0 Å². The van der Waals surface area contributed by atoms with Crippen molar-refractivity contribution in [1.82, 2.24) is 0 Å². The van der Waals surface area contributed by atoms with E-state index in [1.54, 1.807) is 13.2 Å². The minimum Gasteiger partial charge on any atom is -0.385 e. The van der Waals surface area contributed by atoms with Gasteiger partial charge in [-0.15, -0.1) is 0 Å². The van der Waals surface area contributed by atoms with Crippen molar-refractivity contribution in [3.05, 3.63) is 28.2 Å². The van der Waals surface area contributed by atoms with E-state index in [-0.39, 0.29) is 5.41 Å². The number of hydrogen-bond acceptors (Lipinski definition) is 3. The SMILES string of the molecule is COCCC(C)(C)CNc1cc(Br)cc(C#N)c1. The summed E-state index contributed by atoms with van der Waals surface area (Å²) in [6.07, 6.45) is 0.996. The summed E-state index contributed by atoms with van der Waals surface area (Å²) in [5.41, 5.74) is 1.78. The van der Waals surface area contributed by atoms with Gasteiger partial charge in [0.2, 0.25) is 0 Å². The average molecular weight is 311 g/mol. The molecule has 18 heavy (non-hydrogen) atoms. The highest BCUT2D eigenvalue weighted by molar-refractivity contribution is 9.10. The lowest BCUT2D eigenvalue weighted by molar-refractivity contribution is 0.157. The van der Waals surface area contributed by atoms with Gasteiger partial charge in [-0.25, -0.2) is 0 Å². The first-order valence-corrected chi connectivity index (χ1v) is 6.70. The Hall–Kier alpha value is -1.05. The predicted molar refractivity (Wildman–Crippen MR) is 77.6 cm³/mol. The van der Waals surface area contributed by atoms with Crippen LogP contribution in [0.25, 0.3) is 0 Å². The summed E-state index contributed by atoms with van der Waals surface area (Å²) in [6.45, 7) is 6.00. The van der Waals surface area contributed by atoms with Crippen molar-refractivity contribution in [2.75, 3.05) is 25.6 Å². The van der Waals surface area contributed by atoms with Crippen molar-refractivity contribution in [3.8, 4) is 6.07 Å². The third-order valence-corrected chi connectivity index (χ3v) is 3.24. The third-order valence-electron chi connectivity index (χ3n) is 2.78. The molecule has 0 unspecified atom stereocenters. The topological polar surface area (TPSA) is 45.0 Å². The zero-order chi connectivity index (χ0) is 13.6. The van der Waals surface area contributed by atoms with E-state index in [4.69, 9.17) is 10.00 Å². The molecule has 0 bridgehead atoms. The van der Waals surface area contributed by atoms with E-state index in [2.05, 4.69) is 41.2 Å². The Morgan fingerprint density at radius 2 is 2.11 bits per heavy atom. The lowest BCUT2D eigenvalue weighted by Gasteiger charge is -2.25. The molecular weight excluding hydrogens is 292 g/mol. The Morgan fingerprint density at radius 1 is 1.39 bits per heavy atom. The highest BCUT2D eigenvalue weighted by atomic mass is 79.9. The summed E-state index contributed by atoms with van der Waals surface area (Å²) in [4.78, 5) is 0. The Morgan fingerprint density at radius 3 is 2.72 bits per heavy atom. The number of nitrogens with one attached hydrogen (secondary N) is 1. The lowest BCUT2D eigenvalue weighted by Crippen LogP contribution is -2.24. The van der Waals surface area contributed by atoms with Crippen LogP contribution in [0, 0.1) is 16.7 Å². The molecule has 1 N–H and O–H groups in total. The Labute approximate surface area is 117 Å². The summed E-state index contributed by atoms with van der Waals surface area (Å²) in [5, 5.41) is 12.3. The molecule has 0 fully saturated rings. The molecule has 1 aromatic rings. The van der Waals surface area contributed by atoms with Crippen LogP contribution in [0.4, 0.5) is 5.69 Å². The first kappa shape index (κ1) is 15.0. The van der Waals surface area contributed by atoms with Crippen LogP contribution in [0.2, 0.25) is 0 Å². The lowest BCUT2D eigenvalue weighted by atomic mass is 9.89. The number of rotatable bonds is 6. The molecule has 0 saturated heterocycles. The smallest absolute Gasteiger partial charge is 0.0992 e. The molecule has 0 heterocycles. The molecule has 0 atom stereocenters. The number of hydrogen-bond donors (Lipinski definition) is 1. The van der Waals surface area contributed by atoms with E-state index >= 15 is 0 Å². The first-order valence-electron chi connectivity index (χ1n) is 5.90. The van der Waals surface area contributed by atoms with E-state index in [1.807, 2.05) is 12.1 Å². The predicted octanol–water partition coefficient (Wildman–Crippen LogP) is 3.80. The van der Waals surface area contributed by atoms with Crippen molar-refractivity contribution in [3.63, 3.8) is 0 Å². The second-order valence-corrected chi connectivity index (χ2v) is 6.02. The maximum atomic E-state index is 8.92. The van der Waals surface area contributed by atoms with Gasteiger partial charge in [0, 0.05) is 30.4 Å². The van der Waals surface area contributed by atoms with E-state index < -0.39 is 0 Å². The minimum atomic E-state index is 0.158. The Balaban J connectivity index is 2.63. The molecule has 0 saturated carbocycles. The van der Waals surface area contributed by atoms with Gasteiger partial charge in [0.1, 0.15) is 0 Å². The van der Waals surface area contributed by atoms with Gasteiger partial charge in [0.25, 0.3) is 0 Å². The molecule has 0 aliphatic carbocycles. The monoisotopic (exact) mass is 310 g/mol. The van der Waals surface area contributed by atoms with Gasteiger partial charge < -0.3 is 10.1 Å². The van der Waals surface area contributed by atoms with Crippen LogP contribution in [0.3, 0.4) is 0 Å². The summed E-state index contributed by atoms with van der Waals surface area (Å²) < 4.78 is 6.02. The van der Waals surface area contributed by atoms with E-state index in [0.29, 0.717) is 5.56 Å². The molecule has 0 aromatic heterocycles. The maximum absolute atomic E-state index is 8.92. The average Bonchev–Trinajstić information content (AvgIpc) is 2.33. The van der Waals surface area contributed by atoms with Gasteiger partial charge in [-0.1, -0.05) is 29.8 Å². The minimum absolute atomic E-state index is 0.158. The number of anilines is 1. The van der Waals surface area contributed by atoms with Crippen LogP contribution in [0.5, 0.6) is 0 Å². The van der Waals surface area contributed by atoms with E-state index in [0.717, 1.165) is 29.7 Å². The largest absolute Gasteiger partial charge is 0.385 e. The fraction of sp³-hybridized carbons (Fsp3) is 0.500. The Bertz CT molecular complexity index is 438. The van der Waals surface area contributed by atoms with Crippen LogP contribution in [0.15, 0.2) is 22.7 Å². The standard InChI is InChI=1S/C14H19BrN2O/c1-14(2,4-5-18-3)10-17-13-7-11(9-16)6-12(15)8-13/h6-8,17H,4-5,10H2,1-3H3. The summed E-state index contributed by atoms with van der Waals surface area (Å²) in [6, 6.07) is 7.79. The van der Waals surface area contributed by atoms with Crippen molar-refractivity contribution >= 4 is 21.6 Å². The van der Waals surface area contributed by atoms with Crippen LogP contribution in [0.1, 0.15) is 25.8 Å². The molecule has 1 aromatic carbocycles. The summed E-state index contributed by atoms with van der Waals surface area (Å²) in [5.74, 6) is 0. The van der Waals surface area contributed by atoms with Crippen LogP contribution in [-0.4, -0.2) is 20.3 Å². The zero-order valence-corrected chi connectivity index (χ0v) is 12.7. The van der Waals surface area contributed by atoms with Gasteiger partial charge in [-0.3, -0.25) is 0 Å². The fourth-order valence-corrected chi connectivity index (χ4v) is 2.06. The third kappa shape index (κ3) is 5.07. The van der Waals surface area contributed by atoms with Crippen molar-refractivity contribution in [1.29, 1.82) is 5.26 Å². The molecule has 1 rings (SSSR count). The summed E-state index contributed by atoms with van der Waals surface area (Å²) >= 11 is 3.41. The van der Waals surface area contributed by atoms with Gasteiger partial charge >= 0.3 is 0 Å². The van der Waals surface area contributed by atoms with Crippen molar-refractivity contribution in [2.24, 2.45) is 5.41 Å². The van der Waals surface area contributed by atoms with Gasteiger partial charge in [-0.05, 0) is 30.0 Å². The molecule has 0 aliphatic heterocycles. The number of nitriles is 1. The van der Waals surface area contributed by atoms with Crippen LogP contribution >= 0.6 is 15.9 Å². The maximum Gasteiger partial charge on any atom is 0.0992 e. The molecular formula is C14H19BrN2O. The number of methoxy groups -OCH3 is 1. The number of benzene rings is 1. The number of nitrogens with zero attached hydrogens (tertiary/aromatic N) is 1. The second-order valence-electron chi connectivity index (χ2n) is 5.10. The highest BCUT2D eigenvalue weighted by Gasteiger charge is 2.17. The Kier molecular flexibility index (Phi) is 5.64. The first-order chi connectivity index (χ1) is 8.46. The fourth-order valence-electron chi connectivity index (χ4n) is 1.56. The van der Waals surface area contributed by atoms with Crippen LogP contribution in [-0.2, 0) is 4.74 Å². The number of halogens is 1. The van der Waals surface area contributed by atoms with Gasteiger partial charge in [0.05, 0.1) is 11.6 Å². The molecule has 0 amide bonds. The van der Waals surface area contributed by atoms with Gasteiger partial charge in [-0.2, -0.15) is 5.26 Å². The normalized spacial score (nSPS) is 11.1. The highest BCUT2D eigenvalue weighted by Crippen LogP contribution is 2.23. The zero-order valence-electron chi connectivity index (χ0n) is 11.1. The second kappa shape index (κ2) is 6.77. The molecule has 98 valence electrons. The quantitative estimate of drug-likeness (QED) is 0.869. The van der Waals surface area contributed by atoms with Crippen LogP contribution < -0.4 is 5.32 Å². The number of ether oxygens (including phenoxy) is 1.